The lowest BCUT2D eigenvalue weighted by molar-refractivity contribution is -0.142. The molecule has 0 saturated carbocycles. The Bertz CT molecular complexity index is 1020. The summed E-state index contributed by atoms with van der Waals surface area (Å²) in [5.41, 5.74) is 7.30. The lowest BCUT2D eigenvalue weighted by Crippen LogP contribution is -2.58. The number of carboxylic acid groups (broad SMARTS) is 1. The summed E-state index contributed by atoms with van der Waals surface area (Å²) < 4.78 is 0. The van der Waals surface area contributed by atoms with Crippen LogP contribution in [-0.4, -0.2) is 86.9 Å². The summed E-state index contributed by atoms with van der Waals surface area (Å²) in [7, 11) is 0. The lowest BCUT2D eigenvalue weighted by Gasteiger charge is -2.25. The topological polar surface area (TPSA) is 179 Å². The summed E-state index contributed by atoms with van der Waals surface area (Å²) in [6.45, 7) is 0. The van der Waals surface area contributed by atoms with Crippen LogP contribution in [0.2, 0.25) is 0 Å². The van der Waals surface area contributed by atoms with Gasteiger partial charge in [-0.25, -0.2) is 9.78 Å². The van der Waals surface area contributed by atoms with Gasteiger partial charge in [-0.1, -0.05) is 30.3 Å². The van der Waals surface area contributed by atoms with Crippen LogP contribution in [0.4, 0.5) is 0 Å². The number of imidazole rings is 1. The van der Waals surface area contributed by atoms with Crippen LogP contribution >= 0.6 is 23.5 Å². The fraction of sp³-hybridized carbons (Fsp3) is 0.480. The molecule has 3 amide bonds. The van der Waals surface area contributed by atoms with Gasteiger partial charge in [0.2, 0.25) is 17.7 Å². The van der Waals surface area contributed by atoms with Crippen molar-refractivity contribution in [1.82, 2.24) is 25.9 Å². The Morgan fingerprint density at radius 2 is 1.50 bits per heavy atom. The standard InChI is InChI=1S/C25H36N6O5S2/c1-37-10-8-18(26)22(32)29-19(9-11-38-2)23(33)30-20(12-16-6-4-3-5-7-16)24(34)31-21(25(35)36)13-17-14-27-15-28-17/h3-7,14-15,18-21H,8-13,26H2,1-2H3,(H,27,28)(H,29,32)(H,30,33)(H,31,34)(H,35,36). The minimum Gasteiger partial charge on any atom is -0.480 e. The zero-order valence-electron chi connectivity index (χ0n) is 21.5. The average Bonchev–Trinajstić information content (AvgIpc) is 3.42. The molecule has 1 aromatic heterocycles. The smallest absolute Gasteiger partial charge is 0.326 e. The van der Waals surface area contributed by atoms with E-state index in [9.17, 15) is 24.3 Å². The number of carboxylic acids is 1. The maximum atomic E-state index is 13.3. The quantitative estimate of drug-likeness (QED) is 0.160. The molecule has 0 aliphatic carbocycles. The molecule has 0 aliphatic rings. The summed E-state index contributed by atoms with van der Waals surface area (Å²) in [5.74, 6) is -1.54. The van der Waals surface area contributed by atoms with Gasteiger partial charge < -0.3 is 31.8 Å². The van der Waals surface area contributed by atoms with Crippen molar-refractivity contribution < 1.29 is 24.3 Å². The van der Waals surface area contributed by atoms with Gasteiger partial charge in [-0.05, 0) is 42.4 Å². The third kappa shape index (κ3) is 10.8. The number of nitrogens with zero attached hydrogens (tertiary/aromatic N) is 1. The van der Waals surface area contributed by atoms with Crippen LogP contribution in [0.3, 0.4) is 0 Å². The zero-order chi connectivity index (χ0) is 27.9. The molecule has 11 nitrogen and oxygen atoms in total. The number of aliphatic carboxylic acids is 1. The number of aromatic nitrogens is 2. The summed E-state index contributed by atoms with van der Waals surface area (Å²) in [6.07, 6.45) is 7.64. The van der Waals surface area contributed by atoms with Gasteiger partial charge in [0.1, 0.15) is 18.1 Å². The number of rotatable bonds is 17. The maximum absolute atomic E-state index is 13.3. The fourth-order valence-electron chi connectivity index (χ4n) is 3.58. The molecule has 4 unspecified atom stereocenters. The monoisotopic (exact) mass is 564 g/mol. The second-order valence-electron chi connectivity index (χ2n) is 8.66. The van der Waals surface area contributed by atoms with Crippen LogP contribution in [0.5, 0.6) is 0 Å². The second-order valence-corrected chi connectivity index (χ2v) is 10.6. The molecule has 0 radical (unpaired) electrons. The predicted molar refractivity (Wildman–Crippen MR) is 150 cm³/mol. The van der Waals surface area contributed by atoms with Gasteiger partial charge in [-0.2, -0.15) is 23.5 Å². The van der Waals surface area contributed by atoms with Crippen molar-refractivity contribution in [3.8, 4) is 0 Å². The first-order valence-corrected chi connectivity index (χ1v) is 14.9. The maximum Gasteiger partial charge on any atom is 0.326 e. The van der Waals surface area contributed by atoms with Gasteiger partial charge in [0.15, 0.2) is 0 Å². The van der Waals surface area contributed by atoms with Gasteiger partial charge in [0, 0.05) is 24.7 Å². The third-order valence-corrected chi connectivity index (χ3v) is 7.01. The van der Waals surface area contributed by atoms with Crippen LogP contribution < -0.4 is 21.7 Å². The van der Waals surface area contributed by atoms with Gasteiger partial charge in [0.05, 0.1) is 12.4 Å². The molecule has 7 N–H and O–H groups in total. The molecule has 0 bridgehead atoms. The molecule has 0 saturated heterocycles. The highest BCUT2D eigenvalue weighted by molar-refractivity contribution is 7.98. The van der Waals surface area contributed by atoms with Crippen molar-refractivity contribution in [2.24, 2.45) is 5.73 Å². The molecular formula is C25H36N6O5S2. The van der Waals surface area contributed by atoms with E-state index in [1.54, 1.807) is 11.8 Å². The highest BCUT2D eigenvalue weighted by atomic mass is 32.2. The van der Waals surface area contributed by atoms with Gasteiger partial charge in [-0.15, -0.1) is 0 Å². The Kier molecular flexibility index (Phi) is 13.7. The van der Waals surface area contributed by atoms with E-state index in [0.29, 0.717) is 30.0 Å². The first-order chi connectivity index (χ1) is 18.2. The van der Waals surface area contributed by atoms with E-state index in [0.717, 1.165) is 5.56 Å². The van der Waals surface area contributed by atoms with E-state index in [4.69, 9.17) is 5.73 Å². The molecule has 208 valence electrons. The second kappa shape index (κ2) is 16.7. The number of carbonyl (C=O) groups excluding carboxylic acids is 3. The van der Waals surface area contributed by atoms with Crippen molar-refractivity contribution in [3.63, 3.8) is 0 Å². The number of nitrogens with one attached hydrogen (secondary N) is 4. The number of aromatic amines is 1. The summed E-state index contributed by atoms with van der Waals surface area (Å²) in [5, 5.41) is 17.7. The number of benzene rings is 1. The molecule has 0 aliphatic heterocycles. The minimum absolute atomic E-state index is 0.00653. The fourth-order valence-corrected chi connectivity index (χ4v) is 4.54. The summed E-state index contributed by atoms with van der Waals surface area (Å²) in [4.78, 5) is 57.8. The molecule has 2 aromatic rings. The van der Waals surface area contributed by atoms with E-state index in [2.05, 4.69) is 25.9 Å². The van der Waals surface area contributed by atoms with Crippen molar-refractivity contribution in [2.75, 3.05) is 24.0 Å². The Morgan fingerprint density at radius 1 is 0.895 bits per heavy atom. The Balaban J connectivity index is 2.19. The van der Waals surface area contributed by atoms with Crippen LogP contribution in [-0.2, 0) is 32.0 Å². The van der Waals surface area contributed by atoms with E-state index >= 15 is 0 Å². The number of nitrogens with two attached hydrogens (primary N) is 1. The van der Waals surface area contributed by atoms with Gasteiger partial charge in [0.25, 0.3) is 0 Å². The van der Waals surface area contributed by atoms with Crippen LogP contribution in [0, 0.1) is 0 Å². The average molecular weight is 565 g/mol. The molecular weight excluding hydrogens is 528 g/mol. The highest BCUT2D eigenvalue weighted by Gasteiger charge is 2.30. The molecule has 0 fully saturated rings. The van der Waals surface area contributed by atoms with Crippen LogP contribution in [0.15, 0.2) is 42.9 Å². The molecule has 13 heteroatoms. The Hall–Kier alpha value is -3.03. The van der Waals surface area contributed by atoms with Crippen LogP contribution in [0.25, 0.3) is 0 Å². The van der Waals surface area contributed by atoms with Crippen molar-refractivity contribution in [3.05, 3.63) is 54.1 Å². The summed E-state index contributed by atoms with van der Waals surface area (Å²) in [6, 6.07) is 5.09. The van der Waals surface area contributed by atoms with Crippen LogP contribution in [0.1, 0.15) is 24.1 Å². The zero-order valence-corrected chi connectivity index (χ0v) is 23.1. The van der Waals surface area contributed by atoms with E-state index in [-0.39, 0.29) is 12.8 Å². The van der Waals surface area contributed by atoms with Crippen molar-refractivity contribution in [1.29, 1.82) is 0 Å². The normalized spacial score (nSPS) is 14.1. The number of amides is 3. The number of H-pyrrole nitrogens is 1. The molecule has 4 atom stereocenters. The molecule has 0 spiro atoms. The van der Waals surface area contributed by atoms with Crippen molar-refractivity contribution >= 4 is 47.2 Å². The largest absolute Gasteiger partial charge is 0.480 e. The molecule has 2 rings (SSSR count). The van der Waals surface area contributed by atoms with E-state index in [1.165, 1.54) is 24.3 Å². The minimum atomic E-state index is -1.24. The first kappa shape index (κ1) is 31.2. The van der Waals surface area contributed by atoms with Gasteiger partial charge >= 0.3 is 5.97 Å². The van der Waals surface area contributed by atoms with Gasteiger partial charge in [-0.3, -0.25) is 14.4 Å². The first-order valence-electron chi connectivity index (χ1n) is 12.1. The highest BCUT2D eigenvalue weighted by Crippen LogP contribution is 2.08. The SMILES string of the molecule is CSCCC(N)C(=O)NC(CCSC)C(=O)NC(Cc1ccccc1)C(=O)NC(Cc1cnc[nH]1)C(=O)O. The van der Waals surface area contributed by atoms with Crippen molar-refractivity contribution in [2.45, 2.75) is 49.9 Å². The Labute approximate surface area is 230 Å². The number of thioether (sulfide) groups is 2. The van der Waals surface area contributed by atoms with E-state index in [1.807, 2.05) is 42.8 Å². The lowest BCUT2D eigenvalue weighted by atomic mass is 10.0. The molecule has 1 heterocycles. The molecule has 38 heavy (non-hydrogen) atoms. The third-order valence-electron chi connectivity index (χ3n) is 5.72. The molecule has 1 aromatic carbocycles. The Morgan fingerprint density at radius 3 is 2.11 bits per heavy atom. The predicted octanol–water partition coefficient (Wildman–Crippen LogP) is 0.567. The number of carbonyl (C=O) groups is 4. The van der Waals surface area contributed by atoms with E-state index < -0.39 is 47.9 Å². The number of hydrogen-bond donors (Lipinski definition) is 6. The summed E-state index contributed by atoms with van der Waals surface area (Å²) >= 11 is 3.09. The number of hydrogen-bond acceptors (Lipinski definition) is 8.